The average Bonchev–Trinajstić information content (AvgIpc) is 2.31. The molecule has 6 heteroatoms. The van der Waals surface area contributed by atoms with Crippen molar-refractivity contribution in [2.75, 3.05) is 7.11 Å². The van der Waals surface area contributed by atoms with Crippen LogP contribution in [0.4, 0.5) is 0 Å². The zero-order valence-corrected chi connectivity index (χ0v) is 15.4. The Bertz CT molecular complexity index is 416. The van der Waals surface area contributed by atoms with Gasteiger partial charge in [-0.25, -0.2) is 0 Å². The summed E-state index contributed by atoms with van der Waals surface area (Å²) in [6, 6.07) is -0.204. The van der Waals surface area contributed by atoms with Gasteiger partial charge < -0.3 is 14.5 Å². The van der Waals surface area contributed by atoms with Crippen LogP contribution in [0.5, 0.6) is 0 Å². The SMILES string of the molecule is COC(=O)[C@@H](C)[C@H]1NC(=O)[C@@H]1[C@@H](C)O[Si](C)(C)C(C)(C)C. The fourth-order valence-electron chi connectivity index (χ4n) is 2.41. The first kappa shape index (κ1) is 18.2. The lowest BCUT2D eigenvalue weighted by atomic mass is 9.79. The van der Waals surface area contributed by atoms with Gasteiger partial charge in [0.05, 0.1) is 31.1 Å². The molecule has 1 amide bonds. The van der Waals surface area contributed by atoms with Crippen LogP contribution >= 0.6 is 0 Å². The third-order valence-corrected chi connectivity index (χ3v) is 9.48. The van der Waals surface area contributed by atoms with Crippen molar-refractivity contribution in [3.63, 3.8) is 0 Å². The maximum absolute atomic E-state index is 11.9. The molecule has 0 bridgehead atoms. The molecule has 1 rings (SSSR count). The molecule has 0 aromatic carbocycles. The molecule has 1 heterocycles. The predicted octanol–water partition coefficient (Wildman–Crippen LogP) is 2.32. The van der Waals surface area contributed by atoms with Crippen LogP contribution in [0.1, 0.15) is 34.6 Å². The molecule has 1 aliphatic heterocycles. The molecule has 122 valence electrons. The lowest BCUT2D eigenvalue weighted by Crippen LogP contribution is -2.66. The van der Waals surface area contributed by atoms with Gasteiger partial charge in [0.25, 0.3) is 0 Å². The normalized spacial score (nSPS) is 25.6. The molecular weight excluding hydrogens is 286 g/mol. The van der Waals surface area contributed by atoms with Crippen LogP contribution in [0.15, 0.2) is 0 Å². The summed E-state index contributed by atoms with van der Waals surface area (Å²) >= 11 is 0. The highest BCUT2D eigenvalue weighted by molar-refractivity contribution is 6.74. The number of rotatable bonds is 5. The van der Waals surface area contributed by atoms with Crippen LogP contribution < -0.4 is 5.32 Å². The van der Waals surface area contributed by atoms with Crippen LogP contribution in [0.25, 0.3) is 0 Å². The van der Waals surface area contributed by atoms with Gasteiger partial charge >= 0.3 is 5.97 Å². The number of esters is 1. The Morgan fingerprint density at radius 2 is 1.81 bits per heavy atom. The molecule has 4 atom stereocenters. The number of hydrogen-bond acceptors (Lipinski definition) is 4. The van der Waals surface area contributed by atoms with Crippen molar-refractivity contribution in [2.45, 2.75) is 64.9 Å². The molecule has 1 saturated heterocycles. The van der Waals surface area contributed by atoms with Crippen LogP contribution in [-0.2, 0) is 18.8 Å². The molecule has 5 nitrogen and oxygen atoms in total. The first-order chi connectivity index (χ1) is 9.42. The van der Waals surface area contributed by atoms with Crippen LogP contribution in [0.2, 0.25) is 18.1 Å². The summed E-state index contributed by atoms with van der Waals surface area (Å²) in [6.07, 6.45) is -0.197. The number of β-lactam (4-membered cyclic amide) rings is 1. The molecule has 0 aromatic heterocycles. The number of ether oxygens (including phenoxy) is 1. The molecule has 0 aliphatic carbocycles. The molecule has 0 unspecified atom stereocenters. The van der Waals surface area contributed by atoms with Gasteiger partial charge in [0.2, 0.25) is 5.91 Å². The minimum atomic E-state index is -1.94. The van der Waals surface area contributed by atoms with Crippen molar-refractivity contribution >= 4 is 20.2 Å². The summed E-state index contributed by atoms with van der Waals surface area (Å²) in [6.45, 7) is 14.5. The fraction of sp³-hybridized carbons (Fsp3) is 0.867. The number of hydrogen-bond donors (Lipinski definition) is 1. The average molecular weight is 315 g/mol. The third-order valence-electron chi connectivity index (χ3n) is 4.90. The summed E-state index contributed by atoms with van der Waals surface area (Å²) in [5.74, 6) is -0.983. The second-order valence-corrected chi connectivity index (χ2v) is 12.2. The molecule has 1 N–H and O–H groups in total. The summed E-state index contributed by atoms with van der Waals surface area (Å²) in [5.41, 5.74) is 0. The van der Waals surface area contributed by atoms with E-state index in [9.17, 15) is 9.59 Å². The van der Waals surface area contributed by atoms with Gasteiger partial charge in [-0.2, -0.15) is 0 Å². The van der Waals surface area contributed by atoms with Crippen molar-refractivity contribution in [3.05, 3.63) is 0 Å². The Hall–Kier alpha value is -0.883. The topological polar surface area (TPSA) is 64.6 Å². The van der Waals surface area contributed by atoms with E-state index in [1.807, 2.05) is 6.92 Å². The molecule has 0 radical (unpaired) electrons. The van der Waals surface area contributed by atoms with Crippen molar-refractivity contribution in [3.8, 4) is 0 Å². The lowest BCUT2D eigenvalue weighted by molar-refractivity contribution is -0.153. The fourth-order valence-corrected chi connectivity index (χ4v) is 3.84. The Labute approximate surface area is 128 Å². The first-order valence-electron chi connectivity index (χ1n) is 7.48. The first-order valence-corrected chi connectivity index (χ1v) is 10.4. The van der Waals surface area contributed by atoms with E-state index in [4.69, 9.17) is 9.16 Å². The third kappa shape index (κ3) is 3.66. The van der Waals surface area contributed by atoms with E-state index in [0.29, 0.717) is 0 Å². The molecule has 21 heavy (non-hydrogen) atoms. The predicted molar refractivity (Wildman–Crippen MR) is 84.3 cm³/mol. The number of amides is 1. The highest BCUT2D eigenvalue weighted by Crippen LogP contribution is 2.39. The van der Waals surface area contributed by atoms with E-state index >= 15 is 0 Å². The zero-order chi connectivity index (χ0) is 16.6. The van der Waals surface area contributed by atoms with E-state index in [0.717, 1.165) is 0 Å². The lowest BCUT2D eigenvalue weighted by Gasteiger charge is -2.46. The molecule has 1 aliphatic rings. The Balaban J connectivity index is 2.79. The monoisotopic (exact) mass is 315 g/mol. The Morgan fingerprint density at radius 3 is 2.19 bits per heavy atom. The van der Waals surface area contributed by atoms with Crippen LogP contribution in [0.3, 0.4) is 0 Å². The maximum Gasteiger partial charge on any atom is 0.310 e. The summed E-state index contributed by atoms with van der Waals surface area (Å²) in [7, 11) is -0.574. The number of carbonyl (C=O) groups excluding carboxylic acids is 2. The van der Waals surface area contributed by atoms with Gasteiger partial charge in [-0.15, -0.1) is 0 Å². The van der Waals surface area contributed by atoms with E-state index in [-0.39, 0.29) is 40.9 Å². The molecule has 0 spiro atoms. The largest absolute Gasteiger partial charge is 0.469 e. The van der Waals surface area contributed by atoms with Crippen molar-refractivity contribution < 1.29 is 18.8 Å². The highest BCUT2D eigenvalue weighted by atomic mass is 28.4. The number of carbonyl (C=O) groups is 2. The van der Waals surface area contributed by atoms with Crippen molar-refractivity contribution in [1.82, 2.24) is 5.32 Å². The standard InChI is InChI=1S/C15H29NO4Si/c1-9(14(18)19-6)12-11(13(17)16-12)10(2)20-21(7,8)15(3,4)5/h9-12H,1-8H3,(H,16,17)/t9-,10+,11+,12+/m0/s1. The Kier molecular flexibility index (Phi) is 5.26. The molecule has 0 saturated carbocycles. The minimum absolute atomic E-state index is 0.0398. The van der Waals surface area contributed by atoms with Gasteiger partial charge in [-0.05, 0) is 32.0 Å². The Morgan fingerprint density at radius 1 is 1.29 bits per heavy atom. The van der Waals surface area contributed by atoms with Crippen molar-refractivity contribution in [2.24, 2.45) is 11.8 Å². The smallest absolute Gasteiger partial charge is 0.310 e. The quantitative estimate of drug-likeness (QED) is 0.480. The van der Waals surface area contributed by atoms with E-state index in [2.05, 4.69) is 39.2 Å². The second-order valence-electron chi connectivity index (χ2n) is 7.46. The minimum Gasteiger partial charge on any atom is -0.469 e. The van der Waals surface area contributed by atoms with E-state index < -0.39 is 8.32 Å². The second kappa shape index (κ2) is 6.08. The number of nitrogens with one attached hydrogen (secondary N) is 1. The van der Waals surface area contributed by atoms with Gasteiger partial charge in [-0.1, -0.05) is 20.8 Å². The van der Waals surface area contributed by atoms with Gasteiger partial charge in [0.1, 0.15) is 0 Å². The summed E-state index contributed by atoms with van der Waals surface area (Å²) < 4.78 is 11.1. The van der Waals surface area contributed by atoms with Crippen molar-refractivity contribution in [1.29, 1.82) is 0 Å². The van der Waals surface area contributed by atoms with E-state index in [1.165, 1.54) is 7.11 Å². The highest BCUT2D eigenvalue weighted by Gasteiger charge is 2.50. The maximum atomic E-state index is 11.9. The molecule has 1 fully saturated rings. The number of methoxy groups -OCH3 is 1. The van der Waals surface area contributed by atoms with Gasteiger partial charge in [0.15, 0.2) is 8.32 Å². The van der Waals surface area contributed by atoms with Crippen LogP contribution in [0, 0.1) is 11.8 Å². The zero-order valence-electron chi connectivity index (χ0n) is 14.4. The van der Waals surface area contributed by atoms with E-state index in [1.54, 1.807) is 6.92 Å². The van der Waals surface area contributed by atoms with Crippen LogP contribution in [-0.4, -0.2) is 39.4 Å². The van der Waals surface area contributed by atoms with Gasteiger partial charge in [0, 0.05) is 0 Å². The summed E-state index contributed by atoms with van der Waals surface area (Å²) in [4.78, 5) is 23.6. The molecular formula is C15H29NO4Si. The van der Waals surface area contributed by atoms with Gasteiger partial charge in [-0.3, -0.25) is 9.59 Å². The molecule has 0 aromatic rings. The summed E-state index contributed by atoms with van der Waals surface area (Å²) in [5, 5.41) is 2.90.